The number of rotatable bonds is 6. The van der Waals surface area contributed by atoms with Gasteiger partial charge in [0.2, 0.25) is 10.0 Å². The molecule has 0 atom stereocenters. The van der Waals surface area contributed by atoms with Crippen molar-refractivity contribution in [3.63, 3.8) is 0 Å². The van der Waals surface area contributed by atoms with E-state index in [1.807, 2.05) is 0 Å². The van der Waals surface area contributed by atoms with E-state index in [2.05, 4.69) is 9.89 Å². The van der Waals surface area contributed by atoms with E-state index in [4.69, 9.17) is 4.52 Å². The van der Waals surface area contributed by atoms with E-state index in [-0.39, 0.29) is 30.2 Å². The molecule has 108 valence electrons. The number of hydrogen-bond donors (Lipinski definition) is 0. The number of carbonyl (C=O) groups excluding carboxylic acids is 1. The van der Waals surface area contributed by atoms with Gasteiger partial charge in [0.1, 0.15) is 10.6 Å². The Hall–Kier alpha value is -1.41. The molecule has 8 heteroatoms. The first-order valence-corrected chi connectivity index (χ1v) is 7.28. The number of hydrogen-bond acceptors (Lipinski definition) is 6. The molecule has 0 saturated carbocycles. The van der Waals surface area contributed by atoms with Crippen molar-refractivity contribution < 1.29 is 22.5 Å². The van der Waals surface area contributed by atoms with Crippen LogP contribution < -0.4 is 0 Å². The zero-order chi connectivity index (χ0) is 14.6. The Bertz CT molecular complexity index is 530. The van der Waals surface area contributed by atoms with Crippen molar-refractivity contribution in [2.24, 2.45) is 0 Å². The molecule has 0 bridgehead atoms. The average Bonchev–Trinajstić information content (AvgIpc) is 2.69. The highest BCUT2D eigenvalue weighted by Gasteiger charge is 2.30. The molecule has 0 saturated heterocycles. The number of aromatic nitrogens is 1. The lowest BCUT2D eigenvalue weighted by molar-refractivity contribution is -0.140. The van der Waals surface area contributed by atoms with E-state index < -0.39 is 16.0 Å². The van der Waals surface area contributed by atoms with Crippen LogP contribution in [0.5, 0.6) is 0 Å². The summed E-state index contributed by atoms with van der Waals surface area (Å²) in [4.78, 5) is 11.2. The summed E-state index contributed by atoms with van der Waals surface area (Å²) in [6.45, 7) is 5.13. The van der Waals surface area contributed by atoms with Crippen LogP contribution in [0.4, 0.5) is 0 Å². The van der Waals surface area contributed by atoms with Crippen molar-refractivity contribution in [2.45, 2.75) is 32.1 Å². The highest BCUT2D eigenvalue weighted by Crippen LogP contribution is 2.23. The van der Waals surface area contributed by atoms with E-state index in [0.29, 0.717) is 5.69 Å². The first kappa shape index (κ1) is 15.6. The molecule has 0 amide bonds. The summed E-state index contributed by atoms with van der Waals surface area (Å²) in [6, 6.07) is 0. The fraction of sp³-hybridized carbons (Fsp3) is 0.636. The molecule has 0 N–H and O–H groups in total. The maximum absolute atomic E-state index is 12.4. The van der Waals surface area contributed by atoms with Gasteiger partial charge in [0, 0.05) is 13.1 Å². The Morgan fingerprint density at radius 1 is 1.42 bits per heavy atom. The molecule has 1 rings (SSSR count). The summed E-state index contributed by atoms with van der Waals surface area (Å²) in [5.41, 5.74) is 0.314. The van der Waals surface area contributed by atoms with Crippen molar-refractivity contribution in [1.82, 2.24) is 9.46 Å². The van der Waals surface area contributed by atoms with Crippen molar-refractivity contribution in [3.8, 4) is 0 Å². The van der Waals surface area contributed by atoms with Gasteiger partial charge in [-0.3, -0.25) is 4.79 Å². The number of esters is 1. The van der Waals surface area contributed by atoms with Gasteiger partial charge in [-0.2, -0.15) is 4.31 Å². The highest BCUT2D eigenvalue weighted by atomic mass is 32.2. The number of nitrogens with zero attached hydrogens (tertiary/aromatic N) is 2. The molecule has 1 aromatic heterocycles. The second-order valence-corrected chi connectivity index (χ2v) is 5.85. The van der Waals surface area contributed by atoms with Crippen LogP contribution in [0.15, 0.2) is 9.42 Å². The number of carbonyl (C=O) groups is 1. The van der Waals surface area contributed by atoms with Crippen LogP contribution in [0.2, 0.25) is 0 Å². The van der Waals surface area contributed by atoms with Crippen LogP contribution in [0.25, 0.3) is 0 Å². The lowest BCUT2D eigenvalue weighted by Crippen LogP contribution is -2.33. The number of methoxy groups -OCH3 is 1. The number of sulfonamides is 1. The third kappa shape index (κ3) is 3.32. The van der Waals surface area contributed by atoms with E-state index >= 15 is 0 Å². The van der Waals surface area contributed by atoms with Crippen molar-refractivity contribution >= 4 is 16.0 Å². The van der Waals surface area contributed by atoms with Crippen molar-refractivity contribution in [2.75, 3.05) is 20.2 Å². The largest absolute Gasteiger partial charge is 0.469 e. The van der Waals surface area contributed by atoms with Crippen LogP contribution in [0.1, 0.15) is 24.8 Å². The molecule has 1 aromatic rings. The van der Waals surface area contributed by atoms with Crippen LogP contribution >= 0.6 is 0 Å². The topological polar surface area (TPSA) is 89.7 Å². The Kier molecular flexibility index (Phi) is 5.07. The quantitative estimate of drug-likeness (QED) is 0.722. The molecule has 19 heavy (non-hydrogen) atoms. The lowest BCUT2D eigenvalue weighted by atomic mass is 10.4. The first-order valence-electron chi connectivity index (χ1n) is 5.84. The van der Waals surface area contributed by atoms with Gasteiger partial charge < -0.3 is 9.26 Å². The molecule has 0 aliphatic heterocycles. The molecule has 0 fully saturated rings. The maximum atomic E-state index is 12.4. The normalized spacial score (nSPS) is 11.8. The van der Waals surface area contributed by atoms with Crippen molar-refractivity contribution in [3.05, 3.63) is 11.5 Å². The molecule has 7 nitrogen and oxygen atoms in total. The fourth-order valence-electron chi connectivity index (χ4n) is 1.74. The fourth-order valence-corrected chi connectivity index (χ4v) is 3.48. The van der Waals surface area contributed by atoms with Gasteiger partial charge in [-0.1, -0.05) is 12.1 Å². The van der Waals surface area contributed by atoms with E-state index in [9.17, 15) is 13.2 Å². The second-order valence-electron chi connectivity index (χ2n) is 3.98. The zero-order valence-electron chi connectivity index (χ0n) is 11.5. The van der Waals surface area contributed by atoms with Gasteiger partial charge in [0.15, 0.2) is 5.76 Å². The van der Waals surface area contributed by atoms with Crippen LogP contribution in [-0.4, -0.2) is 44.0 Å². The Morgan fingerprint density at radius 3 is 2.47 bits per heavy atom. The molecular formula is C11H18N2O5S. The summed E-state index contributed by atoms with van der Waals surface area (Å²) in [5.74, 6) is -0.207. The SMILES string of the molecule is CCN(CCC(=O)OC)S(=O)(=O)c1c(C)noc1C. The van der Waals surface area contributed by atoms with Gasteiger partial charge >= 0.3 is 5.97 Å². The molecule has 0 aliphatic rings. The van der Waals surface area contributed by atoms with Gasteiger partial charge in [-0.15, -0.1) is 0 Å². The minimum Gasteiger partial charge on any atom is -0.469 e. The minimum absolute atomic E-state index is 0.00689. The average molecular weight is 290 g/mol. The molecule has 0 aliphatic carbocycles. The molecule has 1 heterocycles. The van der Waals surface area contributed by atoms with E-state index in [0.717, 1.165) is 0 Å². The zero-order valence-corrected chi connectivity index (χ0v) is 12.3. The molecule has 0 spiro atoms. The predicted octanol–water partition coefficient (Wildman–Crippen LogP) is 0.865. The summed E-state index contributed by atoms with van der Waals surface area (Å²) in [5, 5.41) is 3.64. The summed E-state index contributed by atoms with van der Waals surface area (Å²) in [7, 11) is -2.44. The molecule has 0 aromatic carbocycles. The second kappa shape index (κ2) is 6.16. The molecule has 0 unspecified atom stereocenters. The van der Waals surface area contributed by atoms with Gasteiger partial charge in [-0.05, 0) is 13.8 Å². The van der Waals surface area contributed by atoms with Gasteiger partial charge in [0.25, 0.3) is 0 Å². The number of aryl methyl sites for hydroxylation is 2. The molecule has 0 radical (unpaired) electrons. The third-order valence-electron chi connectivity index (χ3n) is 2.71. The van der Waals surface area contributed by atoms with Gasteiger partial charge in [0.05, 0.1) is 13.5 Å². The van der Waals surface area contributed by atoms with Crippen LogP contribution in [0, 0.1) is 13.8 Å². The van der Waals surface area contributed by atoms with Crippen LogP contribution in [0.3, 0.4) is 0 Å². The minimum atomic E-state index is -3.70. The van der Waals surface area contributed by atoms with Crippen LogP contribution in [-0.2, 0) is 19.6 Å². The Balaban J connectivity index is 3.00. The Labute approximate surface area is 112 Å². The first-order chi connectivity index (χ1) is 8.84. The van der Waals surface area contributed by atoms with Crippen molar-refractivity contribution in [1.29, 1.82) is 0 Å². The summed E-state index contributed by atoms with van der Waals surface area (Å²) >= 11 is 0. The summed E-state index contributed by atoms with van der Waals surface area (Å²) in [6.07, 6.45) is 0.00689. The monoisotopic (exact) mass is 290 g/mol. The highest BCUT2D eigenvalue weighted by molar-refractivity contribution is 7.89. The van der Waals surface area contributed by atoms with Gasteiger partial charge in [-0.25, -0.2) is 8.42 Å². The standard InChI is InChI=1S/C11H18N2O5S/c1-5-13(7-6-10(14)17-4)19(15,16)11-8(2)12-18-9(11)3/h5-7H2,1-4H3. The molecular weight excluding hydrogens is 272 g/mol. The maximum Gasteiger partial charge on any atom is 0.306 e. The summed E-state index contributed by atoms with van der Waals surface area (Å²) < 4.78 is 35.5. The van der Waals surface area contributed by atoms with E-state index in [1.165, 1.54) is 11.4 Å². The number of ether oxygens (including phenoxy) is 1. The smallest absolute Gasteiger partial charge is 0.306 e. The lowest BCUT2D eigenvalue weighted by Gasteiger charge is -2.19. The van der Waals surface area contributed by atoms with E-state index in [1.54, 1.807) is 20.8 Å². The third-order valence-corrected chi connectivity index (χ3v) is 4.93. The Morgan fingerprint density at radius 2 is 2.05 bits per heavy atom. The predicted molar refractivity (Wildman–Crippen MR) is 67.0 cm³/mol.